The molecule has 0 radical (unpaired) electrons. The number of thioether (sulfide) groups is 1. The van der Waals surface area contributed by atoms with Crippen molar-refractivity contribution < 1.29 is 9.90 Å². The summed E-state index contributed by atoms with van der Waals surface area (Å²) < 4.78 is 1.93. The SMILES string of the molecule is CCn1c(SCC(=O)O)nnc1-c1ccc(C)cc1. The Balaban J connectivity index is 2.31. The molecule has 5 nitrogen and oxygen atoms in total. The maximum Gasteiger partial charge on any atom is 0.313 e. The molecule has 0 bridgehead atoms. The minimum absolute atomic E-state index is 0.00791. The molecule has 1 aromatic carbocycles. The van der Waals surface area contributed by atoms with E-state index in [4.69, 9.17) is 5.11 Å². The lowest BCUT2D eigenvalue weighted by Crippen LogP contribution is -2.03. The molecule has 2 rings (SSSR count). The van der Waals surface area contributed by atoms with Crippen LogP contribution in [0.5, 0.6) is 0 Å². The van der Waals surface area contributed by atoms with Crippen molar-refractivity contribution in [3.8, 4) is 11.4 Å². The quantitative estimate of drug-likeness (QED) is 0.850. The van der Waals surface area contributed by atoms with Gasteiger partial charge in [-0.25, -0.2) is 0 Å². The Labute approximate surface area is 115 Å². The Bertz CT molecular complexity index is 578. The van der Waals surface area contributed by atoms with Crippen LogP contribution in [-0.2, 0) is 11.3 Å². The van der Waals surface area contributed by atoms with Gasteiger partial charge in [0.2, 0.25) is 0 Å². The first-order chi connectivity index (χ1) is 9.11. The minimum atomic E-state index is -0.854. The van der Waals surface area contributed by atoms with Crippen molar-refractivity contribution in [3.05, 3.63) is 29.8 Å². The summed E-state index contributed by atoms with van der Waals surface area (Å²) in [6.07, 6.45) is 0. The zero-order valence-electron chi connectivity index (χ0n) is 10.8. The molecule has 0 spiro atoms. The first-order valence-corrected chi connectivity index (χ1v) is 6.95. The molecule has 0 saturated carbocycles. The Morgan fingerprint density at radius 2 is 2.00 bits per heavy atom. The predicted octanol–water partition coefficient (Wildman–Crippen LogP) is 2.45. The normalized spacial score (nSPS) is 10.6. The molecule has 1 heterocycles. The third-order valence-electron chi connectivity index (χ3n) is 2.67. The molecular formula is C13H15N3O2S. The first kappa shape index (κ1) is 13.6. The van der Waals surface area contributed by atoms with Crippen molar-refractivity contribution in [2.75, 3.05) is 5.75 Å². The van der Waals surface area contributed by atoms with Gasteiger partial charge in [-0.1, -0.05) is 41.6 Å². The van der Waals surface area contributed by atoms with Crippen molar-refractivity contribution in [2.45, 2.75) is 25.5 Å². The van der Waals surface area contributed by atoms with Crippen molar-refractivity contribution >= 4 is 17.7 Å². The van der Waals surface area contributed by atoms with Crippen LogP contribution in [0.1, 0.15) is 12.5 Å². The van der Waals surface area contributed by atoms with Gasteiger partial charge in [-0.3, -0.25) is 4.79 Å². The highest BCUT2D eigenvalue weighted by Gasteiger charge is 2.13. The van der Waals surface area contributed by atoms with E-state index in [0.29, 0.717) is 11.7 Å². The van der Waals surface area contributed by atoms with E-state index in [0.717, 1.165) is 11.4 Å². The van der Waals surface area contributed by atoms with Gasteiger partial charge in [0.25, 0.3) is 0 Å². The predicted molar refractivity (Wildman–Crippen MR) is 74.2 cm³/mol. The maximum absolute atomic E-state index is 10.6. The van der Waals surface area contributed by atoms with E-state index in [-0.39, 0.29) is 5.75 Å². The first-order valence-electron chi connectivity index (χ1n) is 5.96. The standard InChI is InChI=1S/C13H15N3O2S/c1-3-16-12(10-6-4-9(2)5-7-10)14-15-13(16)19-8-11(17)18/h4-7H,3,8H2,1-2H3,(H,17,18). The number of aryl methyl sites for hydroxylation is 1. The highest BCUT2D eigenvalue weighted by molar-refractivity contribution is 7.99. The topological polar surface area (TPSA) is 68.0 Å². The number of carboxylic acid groups (broad SMARTS) is 1. The third-order valence-corrected chi connectivity index (χ3v) is 3.62. The summed E-state index contributed by atoms with van der Waals surface area (Å²) in [5.74, 6) is -0.0885. The average Bonchev–Trinajstić information content (AvgIpc) is 2.80. The van der Waals surface area contributed by atoms with Crippen molar-refractivity contribution in [1.29, 1.82) is 0 Å². The molecular weight excluding hydrogens is 262 g/mol. The van der Waals surface area contributed by atoms with E-state index in [1.807, 2.05) is 42.7 Å². The summed E-state index contributed by atoms with van der Waals surface area (Å²) in [6, 6.07) is 8.04. The summed E-state index contributed by atoms with van der Waals surface area (Å²) in [4.78, 5) is 10.6. The van der Waals surface area contributed by atoms with Crippen molar-refractivity contribution in [3.63, 3.8) is 0 Å². The fraction of sp³-hybridized carbons (Fsp3) is 0.308. The van der Waals surface area contributed by atoms with Gasteiger partial charge in [0.1, 0.15) is 0 Å². The molecule has 0 aliphatic rings. The second kappa shape index (κ2) is 5.88. The fourth-order valence-electron chi connectivity index (χ4n) is 1.72. The molecule has 2 aromatic rings. The molecule has 6 heteroatoms. The number of benzene rings is 1. The molecule has 0 atom stereocenters. The second-order valence-electron chi connectivity index (χ2n) is 4.10. The monoisotopic (exact) mass is 277 g/mol. The van der Waals surface area contributed by atoms with Crippen LogP contribution in [0.2, 0.25) is 0 Å². The van der Waals surface area contributed by atoms with Crippen LogP contribution in [0.4, 0.5) is 0 Å². The van der Waals surface area contributed by atoms with Gasteiger partial charge in [0.05, 0.1) is 5.75 Å². The number of aliphatic carboxylic acids is 1. The average molecular weight is 277 g/mol. The Kier molecular flexibility index (Phi) is 4.21. The van der Waals surface area contributed by atoms with E-state index in [2.05, 4.69) is 10.2 Å². The van der Waals surface area contributed by atoms with Gasteiger partial charge in [-0.15, -0.1) is 10.2 Å². The molecule has 0 fully saturated rings. The van der Waals surface area contributed by atoms with Gasteiger partial charge in [0.15, 0.2) is 11.0 Å². The zero-order valence-corrected chi connectivity index (χ0v) is 11.6. The Hall–Kier alpha value is -1.82. The van der Waals surface area contributed by atoms with Crippen LogP contribution in [0.15, 0.2) is 29.4 Å². The second-order valence-corrected chi connectivity index (χ2v) is 5.04. The number of rotatable bonds is 5. The molecule has 0 aliphatic heterocycles. The minimum Gasteiger partial charge on any atom is -0.481 e. The van der Waals surface area contributed by atoms with Crippen LogP contribution in [0.25, 0.3) is 11.4 Å². The molecule has 0 unspecified atom stereocenters. The van der Waals surface area contributed by atoms with Gasteiger partial charge in [0, 0.05) is 12.1 Å². The molecule has 1 aromatic heterocycles. The number of carboxylic acids is 1. The molecule has 100 valence electrons. The lowest BCUT2D eigenvalue weighted by molar-refractivity contribution is -0.133. The van der Waals surface area contributed by atoms with E-state index >= 15 is 0 Å². The summed E-state index contributed by atoms with van der Waals surface area (Å²) in [7, 11) is 0. The largest absolute Gasteiger partial charge is 0.481 e. The van der Waals surface area contributed by atoms with E-state index in [1.165, 1.54) is 17.3 Å². The summed E-state index contributed by atoms with van der Waals surface area (Å²) >= 11 is 1.19. The fourth-order valence-corrected chi connectivity index (χ4v) is 2.45. The van der Waals surface area contributed by atoms with Gasteiger partial charge >= 0.3 is 5.97 Å². The van der Waals surface area contributed by atoms with E-state index in [1.54, 1.807) is 0 Å². The van der Waals surface area contributed by atoms with Gasteiger partial charge in [-0.2, -0.15) is 0 Å². The van der Waals surface area contributed by atoms with Crippen LogP contribution in [-0.4, -0.2) is 31.6 Å². The molecule has 19 heavy (non-hydrogen) atoms. The Morgan fingerprint density at radius 3 is 2.58 bits per heavy atom. The van der Waals surface area contributed by atoms with Crippen molar-refractivity contribution in [1.82, 2.24) is 14.8 Å². The number of hydrogen-bond donors (Lipinski definition) is 1. The van der Waals surface area contributed by atoms with Crippen LogP contribution in [0, 0.1) is 6.92 Å². The number of hydrogen-bond acceptors (Lipinski definition) is 4. The zero-order chi connectivity index (χ0) is 13.8. The summed E-state index contributed by atoms with van der Waals surface area (Å²) in [5.41, 5.74) is 2.17. The van der Waals surface area contributed by atoms with E-state index in [9.17, 15) is 4.79 Å². The maximum atomic E-state index is 10.6. The van der Waals surface area contributed by atoms with Gasteiger partial charge < -0.3 is 9.67 Å². The molecule has 0 aliphatic carbocycles. The molecule has 0 saturated heterocycles. The van der Waals surface area contributed by atoms with Crippen LogP contribution in [0.3, 0.4) is 0 Å². The lowest BCUT2D eigenvalue weighted by atomic mass is 10.1. The van der Waals surface area contributed by atoms with E-state index < -0.39 is 5.97 Å². The molecule has 0 amide bonds. The van der Waals surface area contributed by atoms with Crippen LogP contribution >= 0.6 is 11.8 Å². The van der Waals surface area contributed by atoms with Crippen LogP contribution < -0.4 is 0 Å². The third kappa shape index (κ3) is 3.14. The highest BCUT2D eigenvalue weighted by Crippen LogP contribution is 2.24. The smallest absolute Gasteiger partial charge is 0.313 e. The highest BCUT2D eigenvalue weighted by atomic mass is 32.2. The number of aromatic nitrogens is 3. The summed E-state index contributed by atoms with van der Waals surface area (Å²) in [6.45, 7) is 4.73. The Morgan fingerprint density at radius 1 is 1.32 bits per heavy atom. The van der Waals surface area contributed by atoms with Crippen molar-refractivity contribution in [2.24, 2.45) is 0 Å². The molecule has 1 N–H and O–H groups in total. The lowest BCUT2D eigenvalue weighted by Gasteiger charge is -2.06. The summed E-state index contributed by atoms with van der Waals surface area (Å²) in [5, 5.41) is 17.6. The van der Waals surface area contributed by atoms with Gasteiger partial charge in [-0.05, 0) is 13.8 Å². The number of nitrogens with zero attached hydrogens (tertiary/aromatic N) is 3. The number of carbonyl (C=O) groups is 1.